The molecule has 1 aliphatic rings. The van der Waals surface area contributed by atoms with E-state index in [1.807, 2.05) is 12.1 Å². The Bertz CT molecular complexity index is 444. The Morgan fingerprint density at radius 2 is 1.95 bits per heavy atom. The van der Waals surface area contributed by atoms with E-state index in [2.05, 4.69) is 52.9 Å². The lowest BCUT2D eigenvalue weighted by Crippen LogP contribution is -2.56. The number of hydrogen-bond acceptors (Lipinski definition) is 3. The Hall–Kier alpha value is -0.580. The van der Waals surface area contributed by atoms with Crippen molar-refractivity contribution in [3.8, 4) is 0 Å². The molecule has 0 aromatic heterocycles. The molecule has 0 atom stereocenters. The molecule has 0 spiro atoms. The third kappa shape index (κ3) is 2.96. The van der Waals surface area contributed by atoms with Gasteiger partial charge in [-0.05, 0) is 51.6 Å². The molecule has 1 fully saturated rings. The van der Waals surface area contributed by atoms with Gasteiger partial charge in [-0.15, -0.1) is 0 Å². The lowest BCUT2D eigenvalue weighted by Gasteiger charge is -2.49. The number of rotatable bonds is 5. The van der Waals surface area contributed by atoms with Gasteiger partial charge in [-0.2, -0.15) is 0 Å². The van der Waals surface area contributed by atoms with Crippen molar-refractivity contribution < 1.29 is 5.11 Å². The van der Waals surface area contributed by atoms with Crippen LogP contribution in [0, 0.1) is 0 Å². The monoisotopic (exact) mass is 326 g/mol. The molecule has 1 saturated carbocycles. The first-order valence-corrected chi connectivity index (χ1v) is 7.56. The third-order valence-electron chi connectivity index (χ3n) is 4.39. The highest BCUT2D eigenvalue weighted by Crippen LogP contribution is 2.38. The quantitative estimate of drug-likeness (QED) is 0.901. The number of likely N-dealkylation sites (N-methyl/N-ethyl adjacent to an activating group) is 2. The van der Waals surface area contributed by atoms with Crippen LogP contribution in [0.1, 0.15) is 24.8 Å². The van der Waals surface area contributed by atoms with Crippen LogP contribution in [0.25, 0.3) is 0 Å². The average molecular weight is 327 g/mol. The van der Waals surface area contributed by atoms with Crippen molar-refractivity contribution in [2.45, 2.75) is 31.4 Å². The van der Waals surface area contributed by atoms with E-state index in [0.29, 0.717) is 5.54 Å². The highest BCUT2D eigenvalue weighted by molar-refractivity contribution is 9.10. The van der Waals surface area contributed by atoms with Gasteiger partial charge in [0.15, 0.2) is 0 Å². The normalized spacial score (nSPS) is 17.4. The molecule has 0 bridgehead atoms. The number of halogens is 1. The van der Waals surface area contributed by atoms with Crippen molar-refractivity contribution in [2.75, 3.05) is 32.6 Å². The molecule has 106 valence electrons. The lowest BCUT2D eigenvalue weighted by molar-refractivity contribution is 0.0682. The molecule has 0 unspecified atom stereocenters. The smallest absolute Gasteiger partial charge is 0.0702 e. The van der Waals surface area contributed by atoms with Crippen molar-refractivity contribution in [3.63, 3.8) is 0 Å². The Balaban J connectivity index is 2.18. The summed E-state index contributed by atoms with van der Waals surface area (Å²) in [6.07, 6.45) is 3.84. The van der Waals surface area contributed by atoms with Gasteiger partial charge in [0.25, 0.3) is 0 Å². The van der Waals surface area contributed by atoms with E-state index in [4.69, 9.17) is 0 Å². The predicted octanol–water partition coefficient (Wildman–Crippen LogP) is 2.86. The van der Waals surface area contributed by atoms with E-state index in [1.54, 1.807) is 0 Å². The van der Waals surface area contributed by atoms with Gasteiger partial charge in [-0.3, -0.25) is 0 Å². The first kappa shape index (κ1) is 14.8. The number of aliphatic hydroxyl groups is 1. The highest BCUT2D eigenvalue weighted by Gasteiger charge is 2.40. The van der Waals surface area contributed by atoms with Crippen molar-refractivity contribution >= 4 is 21.6 Å². The van der Waals surface area contributed by atoms with Gasteiger partial charge in [0.1, 0.15) is 0 Å². The molecule has 1 aromatic rings. The zero-order chi connectivity index (χ0) is 14.0. The molecular weight excluding hydrogens is 304 g/mol. The van der Waals surface area contributed by atoms with Crippen LogP contribution in [0.3, 0.4) is 0 Å². The average Bonchev–Trinajstić information content (AvgIpc) is 2.32. The van der Waals surface area contributed by atoms with E-state index < -0.39 is 0 Å². The van der Waals surface area contributed by atoms with Gasteiger partial charge in [0.2, 0.25) is 0 Å². The van der Waals surface area contributed by atoms with Crippen molar-refractivity contribution in [2.24, 2.45) is 0 Å². The second kappa shape index (κ2) is 5.81. The first-order chi connectivity index (χ1) is 8.98. The molecule has 1 aromatic carbocycles. The van der Waals surface area contributed by atoms with Crippen LogP contribution in [0.4, 0.5) is 5.69 Å². The number of nitrogens with zero attached hydrogens (tertiary/aromatic N) is 2. The summed E-state index contributed by atoms with van der Waals surface area (Å²) in [5.41, 5.74) is 2.40. The number of anilines is 1. The Kier molecular flexibility index (Phi) is 4.54. The summed E-state index contributed by atoms with van der Waals surface area (Å²) in [4.78, 5) is 4.63. The van der Waals surface area contributed by atoms with E-state index in [9.17, 15) is 5.11 Å². The van der Waals surface area contributed by atoms with E-state index >= 15 is 0 Å². The minimum Gasteiger partial charge on any atom is -0.392 e. The van der Waals surface area contributed by atoms with Crippen LogP contribution in [-0.4, -0.2) is 43.2 Å². The summed E-state index contributed by atoms with van der Waals surface area (Å²) in [6.45, 7) is 1.09. The van der Waals surface area contributed by atoms with Gasteiger partial charge < -0.3 is 14.9 Å². The Morgan fingerprint density at radius 1 is 1.26 bits per heavy atom. The maximum atomic E-state index is 9.51. The summed E-state index contributed by atoms with van der Waals surface area (Å²) in [7, 11) is 6.45. The second-order valence-electron chi connectivity index (χ2n) is 5.76. The van der Waals surface area contributed by atoms with Gasteiger partial charge in [-0.1, -0.05) is 15.9 Å². The zero-order valence-corrected chi connectivity index (χ0v) is 13.6. The Labute approximate surface area is 124 Å². The van der Waals surface area contributed by atoms with Crippen LogP contribution < -0.4 is 4.90 Å². The summed E-state index contributed by atoms with van der Waals surface area (Å²) in [5.74, 6) is 0. The van der Waals surface area contributed by atoms with E-state index in [-0.39, 0.29) is 6.61 Å². The summed E-state index contributed by atoms with van der Waals surface area (Å²) in [6, 6.07) is 6.11. The third-order valence-corrected chi connectivity index (χ3v) is 4.88. The minimum atomic E-state index is 0.0775. The van der Waals surface area contributed by atoms with Gasteiger partial charge in [0.05, 0.1) is 6.61 Å². The molecule has 0 radical (unpaired) electrons. The molecule has 2 rings (SSSR count). The van der Waals surface area contributed by atoms with Crippen molar-refractivity contribution in [3.05, 3.63) is 28.2 Å². The topological polar surface area (TPSA) is 26.7 Å². The van der Waals surface area contributed by atoms with Crippen LogP contribution >= 0.6 is 15.9 Å². The van der Waals surface area contributed by atoms with Crippen LogP contribution in [0.5, 0.6) is 0 Å². The molecule has 0 heterocycles. The minimum absolute atomic E-state index is 0.0775. The maximum Gasteiger partial charge on any atom is 0.0702 e. The molecule has 1 aliphatic carbocycles. The molecule has 1 N–H and O–H groups in total. The molecule has 4 heteroatoms. The fourth-order valence-electron chi connectivity index (χ4n) is 2.91. The first-order valence-electron chi connectivity index (χ1n) is 6.76. The summed E-state index contributed by atoms with van der Waals surface area (Å²) in [5, 5.41) is 9.51. The lowest BCUT2D eigenvalue weighted by atomic mass is 9.75. The molecule has 3 nitrogen and oxygen atoms in total. The molecule has 19 heavy (non-hydrogen) atoms. The summed E-state index contributed by atoms with van der Waals surface area (Å²) >= 11 is 3.46. The fourth-order valence-corrected chi connectivity index (χ4v) is 3.32. The highest BCUT2D eigenvalue weighted by atomic mass is 79.9. The SMILES string of the molecule is CN(CC1(N(C)C)CCC1)c1ccc(Br)cc1CO. The Morgan fingerprint density at radius 3 is 2.42 bits per heavy atom. The number of benzene rings is 1. The molecular formula is C15H23BrN2O. The van der Waals surface area contributed by atoms with E-state index in [1.165, 1.54) is 19.3 Å². The predicted molar refractivity (Wildman–Crippen MR) is 83.6 cm³/mol. The largest absolute Gasteiger partial charge is 0.392 e. The molecule has 0 aliphatic heterocycles. The van der Waals surface area contributed by atoms with Gasteiger partial charge in [0, 0.05) is 34.9 Å². The van der Waals surface area contributed by atoms with Crippen LogP contribution in [0.2, 0.25) is 0 Å². The van der Waals surface area contributed by atoms with Gasteiger partial charge >= 0.3 is 0 Å². The van der Waals surface area contributed by atoms with Gasteiger partial charge in [-0.25, -0.2) is 0 Å². The molecule has 0 saturated heterocycles. The standard InChI is InChI=1S/C15H23BrN2O/c1-17(2)15(7-4-8-15)11-18(3)14-6-5-13(16)9-12(14)10-19/h5-6,9,19H,4,7-8,10-11H2,1-3H3. The second-order valence-corrected chi connectivity index (χ2v) is 6.68. The number of hydrogen-bond donors (Lipinski definition) is 1. The maximum absolute atomic E-state index is 9.51. The number of aliphatic hydroxyl groups excluding tert-OH is 1. The zero-order valence-electron chi connectivity index (χ0n) is 12.0. The summed E-state index contributed by atoms with van der Waals surface area (Å²) < 4.78 is 1.01. The van der Waals surface area contributed by atoms with Crippen LogP contribution in [0.15, 0.2) is 22.7 Å². The van der Waals surface area contributed by atoms with Crippen molar-refractivity contribution in [1.29, 1.82) is 0 Å². The van der Waals surface area contributed by atoms with Crippen molar-refractivity contribution in [1.82, 2.24) is 4.90 Å². The van der Waals surface area contributed by atoms with E-state index in [0.717, 1.165) is 22.3 Å². The molecule has 0 amide bonds. The van der Waals surface area contributed by atoms with Crippen LogP contribution in [-0.2, 0) is 6.61 Å². The fraction of sp³-hybridized carbons (Fsp3) is 0.600.